The van der Waals surface area contributed by atoms with E-state index >= 15 is 0 Å². The lowest BCUT2D eigenvalue weighted by Crippen LogP contribution is -2.37. The molecule has 4 nitrogen and oxygen atoms in total. The highest BCUT2D eigenvalue weighted by Gasteiger charge is 2.24. The monoisotopic (exact) mass is 221 g/mol. The maximum absolute atomic E-state index is 11.8. The number of hydrogen-bond donors (Lipinski definition) is 1. The smallest absolute Gasteiger partial charge is 0.338 e. The molecular formula is C12H15NO3. The summed E-state index contributed by atoms with van der Waals surface area (Å²) < 4.78 is 10.2. The van der Waals surface area contributed by atoms with Gasteiger partial charge < -0.3 is 15.2 Å². The maximum atomic E-state index is 11.8. The number of aryl methyl sites for hydroxylation is 2. The van der Waals surface area contributed by atoms with Gasteiger partial charge in [-0.15, -0.1) is 0 Å². The summed E-state index contributed by atoms with van der Waals surface area (Å²) in [7, 11) is 0. The lowest BCUT2D eigenvalue weighted by molar-refractivity contribution is -0.103. The van der Waals surface area contributed by atoms with Crippen molar-refractivity contribution < 1.29 is 14.3 Å². The van der Waals surface area contributed by atoms with E-state index in [9.17, 15) is 4.79 Å². The zero-order chi connectivity index (χ0) is 11.7. The predicted molar refractivity (Wildman–Crippen MR) is 60.4 cm³/mol. The summed E-state index contributed by atoms with van der Waals surface area (Å²) in [5.74, 6) is -0.322. The van der Waals surface area contributed by atoms with Crippen molar-refractivity contribution in [1.82, 2.24) is 0 Å². The van der Waals surface area contributed by atoms with Gasteiger partial charge in [0.15, 0.2) is 0 Å². The number of nitrogen functional groups attached to an aromatic ring is 1. The Bertz CT molecular complexity index is 425. The molecule has 0 bridgehead atoms. The number of nitrogens with two attached hydrogens (primary N) is 1. The highest BCUT2D eigenvalue weighted by Crippen LogP contribution is 2.20. The van der Waals surface area contributed by atoms with Crippen molar-refractivity contribution >= 4 is 11.7 Å². The highest BCUT2D eigenvalue weighted by molar-refractivity contribution is 5.92. The summed E-state index contributed by atoms with van der Waals surface area (Å²) in [5.41, 5.74) is 8.78. The van der Waals surface area contributed by atoms with Crippen LogP contribution >= 0.6 is 0 Å². The molecule has 1 aliphatic rings. The van der Waals surface area contributed by atoms with Crippen LogP contribution in [0.3, 0.4) is 0 Å². The molecule has 2 rings (SSSR count). The highest BCUT2D eigenvalue weighted by atomic mass is 16.6. The zero-order valence-corrected chi connectivity index (χ0v) is 9.45. The molecule has 4 heteroatoms. The van der Waals surface area contributed by atoms with Crippen LogP contribution in [0.2, 0.25) is 0 Å². The van der Waals surface area contributed by atoms with Crippen LogP contribution in [0, 0.1) is 13.8 Å². The third-order valence-corrected chi connectivity index (χ3v) is 2.71. The number of benzene rings is 1. The van der Waals surface area contributed by atoms with Crippen molar-refractivity contribution in [2.45, 2.75) is 20.0 Å². The average Bonchev–Trinajstić information content (AvgIpc) is 2.17. The van der Waals surface area contributed by atoms with Crippen LogP contribution in [-0.2, 0) is 9.47 Å². The van der Waals surface area contributed by atoms with Crippen molar-refractivity contribution in [3.63, 3.8) is 0 Å². The van der Waals surface area contributed by atoms with Crippen molar-refractivity contribution in [2.24, 2.45) is 0 Å². The Morgan fingerprint density at radius 1 is 1.38 bits per heavy atom. The molecule has 0 aromatic heterocycles. The largest absolute Gasteiger partial charge is 0.454 e. The molecule has 0 spiro atoms. The molecule has 86 valence electrons. The van der Waals surface area contributed by atoms with Crippen LogP contribution in [0.4, 0.5) is 5.69 Å². The molecule has 1 saturated heterocycles. The molecule has 1 heterocycles. The number of esters is 1. The third-order valence-electron chi connectivity index (χ3n) is 2.71. The molecule has 1 aromatic carbocycles. The molecule has 1 aromatic rings. The van der Waals surface area contributed by atoms with Gasteiger partial charge in [0.1, 0.15) is 6.10 Å². The fourth-order valence-corrected chi connectivity index (χ4v) is 1.59. The number of ether oxygens (including phenoxy) is 2. The Kier molecular flexibility index (Phi) is 2.83. The third kappa shape index (κ3) is 2.02. The van der Waals surface area contributed by atoms with Gasteiger partial charge in [-0.25, -0.2) is 4.79 Å². The summed E-state index contributed by atoms with van der Waals surface area (Å²) in [5, 5.41) is 0. The minimum absolute atomic E-state index is 0.102. The van der Waals surface area contributed by atoms with E-state index in [1.807, 2.05) is 19.9 Å². The summed E-state index contributed by atoms with van der Waals surface area (Å²) >= 11 is 0. The van der Waals surface area contributed by atoms with Gasteiger partial charge in [0.05, 0.1) is 18.8 Å². The minimum Gasteiger partial charge on any atom is -0.454 e. The van der Waals surface area contributed by atoms with E-state index in [0.29, 0.717) is 24.5 Å². The van der Waals surface area contributed by atoms with Gasteiger partial charge in [0.2, 0.25) is 0 Å². The molecule has 1 aliphatic heterocycles. The average molecular weight is 221 g/mol. The molecule has 1 fully saturated rings. The van der Waals surface area contributed by atoms with Gasteiger partial charge in [-0.05, 0) is 31.0 Å². The van der Waals surface area contributed by atoms with Gasteiger partial charge in [-0.3, -0.25) is 0 Å². The van der Waals surface area contributed by atoms with Crippen LogP contribution < -0.4 is 5.73 Å². The number of anilines is 1. The van der Waals surface area contributed by atoms with Crippen LogP contribution in [0.25, 0.3) is 0 Å². The molecule has 2 N–H and O–H groups in total. The number of hydrogen-bond acceptors (Lipinski definition) is 4. The van der Waals surface area contributed by atoms with Crippen molar-refractivity contribution in [3.8, 4) is 0 Å². The number of carbonyl (C=O) groups is 1. The second-order valence-corrected chi connectivity index (χ2v) is 4.09. The number of carbonyl (C=O) groups excluding carboxylic acids is 1. The van der Waals surface area contributed by atoms with E-state index in [-0.39, 0.29) is 12.1 Å². The predicted octanol–water partition coefficient (Wildman–Crippen LogP) is 1.44. The molecule has 0 amide bonds. The van der Waals surface area contributed by atoms with E-state index in [4.69, 9.17) is 15.2 Å². The van der Waals surface area contributed by atoms with Crippen LogP contribution in [0.5, 0.6) is 0 Å². The van der Waals surface area contributed by atoms with Gasteiger partial charge in [-0.1, -0.05) is 6.07 Å². The minimum atomic E-state index is -0.322. The van der Waals surface area contributed by atoms with Crippen LogP contribution in [0.1, 0.15) is 21.5 Å². The van der Waals surface area contributed by atoms with Gasteiger partial charge in [0, 0.05) is 5.69 Å². The van der Waals surface area contributed by atoms with Crippen molar-refractivity contribution in [3.05, 3.63) is 28.8 Å². The lowest BCUT2D eigenvalue weighted by atomic mass is 10.0. The normalized spacial score (nSPS) is 15.6. The Balaban J connectivity index is 2.18. The van der Waals surface area contributed by atoms with E-state index in [2.05, 4.69) is 0 Å². The summed E-state index contributed by atoms with van der Waals surface area (Å²) in [6.45, 7) is 4.77. The van der Waals surface area contributed by atoms with E-state index < -0.39 is 0 Å². The summed E-state index contributed by atoms with van der Waals surface area (Å²) in [4.78, 5) is 11.8. The number of rotatable bonds is 2. The Labute approximate surface area is 94.3 Å². The van der Waals surface area contributed by atoms with E-state index in [0.717, 1.165) is 11.1 Å². The first-order valence-electron chi connectivity index (χ1n) is 5.23. The maximum Gasteiger partial charge on any atom is 0.338 e. The SMILES string of the molecule is Cc1cc(C)c(C(=O)OC2COC2)cc1N. The van der Waals surface area contributed by atoms with Crippen LogP contribution in [0.15, 0.2) is 12.1 Å². The zero-order valence-electron chi connectivity index (χ0n) is 9.45. The molecule has 0 unspecified atom stereocenters. The molecule has 16 heavy (non-hydrogen) atoms. The molecule has 0 atom stereocenters. The van der Waals surface area contributed by atoms with Crippen molar-refractivity contribution in [1.29, 1.82) is 0 Å². The van der Waals surface area contributed by atoms with E-state index in [1.54, 1.807) is 6.07 Å². The Hall–Kier alpha value is -1.55. The van der Waals surface area contributed by atoms with E-state index in [1.165, 1.54) is 0 Å². The second-order valence-electron chi connectivity index (χ2n) is 4.09. The first kappa shape index (κ1) is 11.0. The van der Waals surface area contributed by atoms with Crippen molar-refractivity contribution in [2.75, 3.05) is 18.9 Å². The Morgan fingerprint density at radius 2 is 2.06 bits per heavy atom. The fraction of sp³-hybridized carbons (Fsp3) is 0.417. The lowest BCUT2D eigenvalue weighted by Gasteiger charge is -2.25. The standard InChI is InChI=1S/C12H15NO3/c1-7-3-8(2)11(13)4-10(7)12(14)16-9-5-15-6-9/h3-4,9H,5-6,13H2,1-2H3. The second kappa shape index (κ2) is 4.14. The van der Waals surface area contributed by atoms with Gasteiger partial charge in [-0.2, -0.15) is 0 Å². The molecule has 0 radical (unpaired) electrons. The van der Waals surface area contributed by atoms with Gasteiger partial charge in [0.25, 0.3) is 0 Å². The topological polar surface area (TPSA) is 61.5 Å². The molecule has 0 aliphatic carbocycles. The molecular weight excluding hydrogens is 206 g/mol. The first-order chi connectivity index (χ1) is 7.58. The summed E-state index contributed by atoms with van der Waals surface area (Å²) in [6.07, 6.45) is -0.102. The summed E-state index contributed by atoms with van der Waals surface area (Å²) in [6, 6.07) is 3.57. The van der Waals surface area contributed by atoms with Gasteiger partial charge >= 0.3 is 5.97 Å². The first-order valence-corrected chi connectivity index (χ1v) is 5.23. The van der Waals surface area contributed by atoms with Crippen LogP contribution in [-0.4, -0.2) is 25.3 Å². The Morgan fingerprint density at radius 3 is 2.62 bits per heavy atom. The molecule has 0 saturated carbocycles. The quantitative estimate of drug-likeness (QED) is 0.606. The fourth-order valence-electron chi connectivity index (χ4n) is 1.59.